The van der Waals surface area contributed by atoms with E-state index in [0.717, 1.165) is 32.6 Å². The molecule has 4 nitrogen and oxygen atoms in total. The molecule has 0 saturated carbocycles. The van der Waals surface area contributed by atoms with Crippen LogP contribution in [0.1, 0.15) is 18.9 Å². The van der Waals surface area contributed by atoms with Crippen molar-refractivity contribution in [1.82, 2.24) is 9.80 Å². The predicted molar refractivity (Wildman–Crippen MR) is 87.1 cm³/mol. The van der Waals surface area contributed by atoms with E-state index in [1.165, 1.54) is 11.8 Å². The van der Waals surface area contributed by atoms with E-state index in [-0.39, 0.29) is 5.75 Å². The smallest absolute Gasteiger partial charge is 0.148 e. The van der Waals surface area contributed by atoms with Crippen LogP contribution in [-0.2, 0) is 16.4 Å². The first-order valence-electron chi connectivity index (χ1n) is 7.66. The van der Waals surface area contributed by atoms with Crippen LogP contribution in [0.25, 0.3) is 0 Å². The van der Waals surface area contributed by atoms with E-state index >= 15 is 0 Å². The molecule has 118 valence electrons. The molecule has 0 aliphatic carbocycles. The zero-order chi connectivity index (χ0) is 15.3. The Balaban J connectivity index is 1.89. The molecule has 21 heavy (non-hydrogen) atoms. The van der Waals surface area contributed by atoms with Crippen LogP contribution in [-0.4, -0.2) is 62.4 Å². The highest BCUT2D eigenvalue weighted by molar-refractivity contribution is 7.90. The van der Waals surface area contributed by atoms with Gasteiger partial charge in [0.2, 0.25) is 0 Å². The van der Waals surface area contributed by atoms with Crippen LogP contribution in [0.5, 0.6) is 0 Å². The van der Waals surface area contributed by atoms with Crippen LogP contribution in [0.15, 0.2) is 30.3 Å². The molecule has 1 saturated heterocycles. The Hall–Kier alpha value is -0.910. The lowest BCUT2D eigenvalue weighted by atomic mass is 10.1. The number of piperazine rings is 1. The van der Waals surface area contributed by atoms with Gasteiger partial charge in [0.25, 0.3) is 0 Å². The van der Waals surface area contributed by atoms with Gasteiger partial charge in [-0.1, -0.05) is 37.3 Å². The molecule has 1 fully saturated rings. The molecule has 2 rings (SSSR count). The van der Waals surface area contributed by atoms with Crippen molar-refractivity contribution in [3.05, 3.63) is 35.9 Å². The molecule has 5 heteroatoms. The second-order valence-corrected chi connectivity index (χ2v) is 8.21. The number of hydrogen-bond acceptors (Lipinski definition) is 4. The van der Waals surface area contributed by atoms with Gasteiger partial charge in [0.15, 0.2) is 0 Å². The lowest BCUT2D eigenvalue weighted by Crippen LogP contribution is -2.53. The largest absolute Gasteiger partial charge is 0.297 e. The molecule has 1 heterocycles. The molecule has 0 bridgehead atoms. The van der Waals surface area contributed by atoms with E-state index < -0.39 is 9.84 Å². The zero-order valence-corrected chi connectivity index (χ0v) is 13.8. The van der Waals surface area contributed by atoms with Gasteiger partial charge in [0, 0.05) is 45.0 Å². The summed E-state index contributed by atoms with van der Waals surface area (Å²) < 4.78 is 22.7. The van der Waals surface area contributed by atoms with E-state index in [4.69, 9.17) is 0 Å². The number of rotatable bonds is 6. The Morgan fingerprint density at radius 2 is 1.90 bits per heavy atom. The molecule has 1 aromatic carbocycles. The third kappa shape index (κ3) is 5.41. The number of hydrogen-bond donors (Lipinski definition) is 0. The molecular weight excluding hydrogens is 284 g/mol. The average molecular weight is 310 g/mol. The first-order chi connectivity index (χ1) is 9.98. The van der Waals surface area contributed by atoms with Gasteiger partial charge in [-0.2, -0.15) is 0 Å². The van der Waals surface area contributed by atoms with E-state index in [1.54, 1.807) is 0 Å². The molecule has 0 aromatic heterocycles. The molecule has 0 radical (unpaired) electrons. The van der Waals surface area contributed by atoms with Gasteiger partial charge >= 0.3 is 0 Å². The molecule has 1 aliphatic rings. The van der Waals surface area contributed by atoms with E-state index in [2.05, 4.69) is 41.0 Å². The summed E-state index contributed by atoms with van der Waals surface area (Å²) in [4.78, 5) is 4.81. The van der Waals surface area contributed by atoms with Gasteiger partial charge in [0.1, 0.15) is 9.84 Å². The monoisotopic (exact) mass is 310 g/mol. The van der Waals surface area contributed by atoms with Crippen molar-refractivity contribution in [3.8, 4) is 0 Å². The van der Waals surface area contributed by atoms with E-state index in [1.807, 2.05) is 6.07 Å². The second kappa shape index (κ2) is 7.38. The van der Waals surface area contributed by atoms with Gasteiger partial charge < -0.3 is 0 Å². The van der Waals surface area contributed by atoms with Gasteiger partial charge in [0.05, 0.1) is 5.75 Å². The van der Waals surface area contributed by atoms with Crippen molar-refractivity contribution in [2.75, 3.05) is 38.2 Å². The van der Waals surface area contributed by atoms with E-state index in [0.29, 0.717) is 12.6 Å². The fraction of sp³-hybridized carbons (Fsp3) is 0.625. The Kier molecular flexibility index (Phi) is 5.79. The standard InChI is InChI=1S/C16H26N2O2S/c1-3-16-14-17(13-15-7-5-4-6-8-15)9-10-18(16)11-12-21(2,19)20/h4-8,16H,3,9-14H2,1-2H3. The summed E-state index contributed by atoms with van der Waals surface area (Å²) in [6.07, 6.45) is 2.38. The summed E-state index contributed by atoms with van der Waals surface area (Å²) in [6.45, 7) is 6.82. The normalized spacial score (nSPS) is 21.5. The maximum atomic E-state index is 11.3. The minimum atomic E-state index is -2.87. The van der Waals surface area contributed by atoms with Crippen molar-refractivity contribution in [2.45, 2.75) is 25.9 Å². The summed E-state index contributed by atoms with van der Waals surface area (Å²) in [5.41, 5.74) is 1.34. The Labute approximate surface area is 128 Å². The molecule has 0 spiro atoms. The lowest BCUT2D eigenvalue weighted by Gasteiger charge is -2.41. The van der Waals surface area contributed by atoms with Crippen molar-refractivity contribution in [1.29, 1.82) is 0 Å². The average Bonchev–Trinajstić information content (AvgIpc) is 2.46. The van der Waals surface area contributed by atoms with Crippen LogP contribution >= 0.6 is 0 Å². The maximum absolute atomic E-state index is 11.3. The fourth-order valence-corrected chi connectivity index (χ4v) is 3.47. The third-order valence-corrected chi connectivity index (χ3v) is 5.08. The highest BCUT2D eigenvalue weighted by atomic mass is 32.2. The number of sulfone groups is 1. The van der Waals surface area contributed by atoms with Crippen LogP contribution in [0.4, 0.5) is 0 Å². The Morgan fingerprint density at radius 1 is 1.19 bits per heavy atom. The molecule has 1 aliphatic heterocycles. The Morgan fingerprint density at radius 3 is 2.52 bits per heavy atom. The summed E-state index contributed by atoms with van der Waals surface area (Å²) in [5.74, 6) is 0.266. The summed E-state index contributed by atoms with van der Waals surface area (Å²) in [5, 5.41) is 0. The molecule has 1 aromatic rings. The van der Waals surface area contributed by atoms with Crippen molar-refractivity contribution < 1.29 is 8.42 Å². The molecule has 0 amide bonds. The predicted octanol–water partition coefficient (Wildman–Crippen LogP) is 1.63. The highest BCUT2D eigenvalue weighted by Gasteiger charge is 2.26. The third-order valence-electron chi connectivity index (χ3n) is 4.16. The number of nitrogens with zero attached hydrogens (tertiary/aromatic N) is 2. The van der Waals surface area contributed by atoms with Crippen molar-refractivity contribution >= 4 is 9.84 Å². The van der Waals surface area contributed by atoms with Crippen molar-refractivity contribution in [2.24, 2.45) is 0 Å². The lowest BCUT2D eigenvalue weighted by molar-refractivity contribution is 0.0726. The minimum absolute atomic E-state index is 0.266. The van der Waals surface area contributed by atoms with Gasteiger partial charge in [-0.3, -0.25) is 9.80 Å². The summed E-state index contributed by atoms with van der Waals surface area (Å²) in [7, 11) is -2.87. The maximum Gasteiger partial charge on any atom is 0.148 e. The topological polar surface area (TPSA) is 40.6 Å². The van der Waals surface area contributed by atoms with Gasteiger partial charge in [-0.05, 0) is 12.0 Å². The van der Waals surface area contributed by atoms with Crippen LogP contribution in [0.3, 0.4) is 0 Å². The van der Waals surface area contributed by atoms with Gasteiger partial charge in [-0.25, -0.2) is 8.42 Å². The quantitative estimate of drug-likeness (QED) is 0.801. The first-order valence-corrected chi connectivity index (χ1v) is 9.72. The van der Waals surface area contributed by atoms with Crippen LogP contribution in [0, 0.1) is 0 Å². The zero-order valence-electron chi connectivity index (χ0n) is 13.0. The van der Waals surface area contributed by atoms with Gasteiger partial charge in [-0.15, -0.1) is 0 Å². The second-order valence-electron chi connectivity index (χ2n) is 5.95. The molecular formula is C16H26N2O2S. The summed E-state index contributed by atoms with van der Waals surface area (Å²) in [6, 6.07) is 11.0. The van der Waals surface area contributed by atoms with Crippen molar-refractivity contribution in [3.63, 3.8) is 0 Å². The fourth-order valence-electron chi connectivity index (χ4n) is 2.91. The van der Waals surface area contributed by atoms with E-state index in [9.17, 15) is 8.42 Å². The van der Waals surface area contributed by atoms with Crippen LogP contribution in [0.2, 0.25) is 0 Å². The molecule has 0 N–H and O–H groups in total. The molecule has 1 unspecified atom stereocenters. The summed E-state index contributed by atoms with van der Waals surface area (Å²) >= 11 is 0. The number of benzene rings is 1. The minimum Gasteiger partial charge on any atom is -0.297 e. The van der Waals surface area contributed by atoms with Crippen LogP contribution < -0.4 is 0 Å². The Bertz CT molecular complexity index is 530. The SMILES string of the molecule is CCC1CN(Cc2ccccc2)CCN1CCS(C)(=O)=O. The first kappa shape index (κ1) is 16.5. The highest BCUT2D eigenvalue weighted by Crippen LogP contribution is 2.15. The molecule has 1 atom stereocenters.